The summed E-state index contributed by atoms with van der Waals surface area (Å²) in [6, 6.07) is 14.2. The Morgan fingerprint density at radius 1 is 1.04 bits per heavy atom. The van der Waals surface area contributed by atoms with Gasteiger partial charge in [0.1, 0.15) is 5.75 Å². The second-order valence-corrected chi connectivity index (χ2v) is 8.56. The molecule has 0 bridgehead atoms. The van der Waals surface area contributed by atoms with E-state index in [-0.39, 0.29) is 4.90 Å². The molecule has 1 aliphatic rings. The molecule has 0 aliphatic carbocycles. The fraction of sp³-hybridized carbons (Fsp3) is 0.368. The molecule has 1 saturated heterocycles. The Morgan fingerprint density at radius 2 is 1.70 bits per heavy atom. The summed E-state index contributed by atoms with van der Waals surface area (Å²) in [4.78, 5) is 4.79. The van der Waals surface area contributed by atoms with E-state index in [1.165, 1.54) is 12.1 Å². The molecule has 8 heteroatoms. The van der Waals surface area contributed by atoms with Gasteiger partial charge >= 0.3 is 0 Å². The maximum absolute atomic E-state index is 12.3. The Kier molecular flexibility index (Phi) is 6.59. The van der Waals surface area contributed by atoms with E-state index in [2.05, 4.69) is 20.6 Å². The molecule has 0 amide bonds. The van der Waals surface area contributed by atoms with E-state index in [0.29, 0.717) is 18.1 Å². The van der Waals surface area contributed by atoms with E-state index >= 15 is 0 Å². The molecule has 2 aromatic rings. The molecule has 0 spiro atoms. The SMILES string of the molecule is COc1ccccc1N1CCN(CCNS(=O)(=O)c2ccc(Cl)cc2)CC1. The normalized spacial score (nSPS) is 15.7. The summed E-state index contributed by atoms with van der Waals surface area (Å²) in [6.07, 6.45) is 0. The third kappa shape index (κ3) is 5.13. The molecule has 0 aromatic heterocycles. The fourth-order valence-corrected chi connectivity index (χ4v) is 4.29. The number of anilines is 1. The van der Waals surface area contributed by atoms with Gasteiger partial charge in [0.15, 0.2) is 0 Å². The summed E-state index contributed by atoms with van der Waals surface area (Å²) >= 11 is 5.81. The predicted octanol–water partition coefficient (Wildman–Crippen LogP) is 2.45. The van der Waals surface area contributed by atoms with Gasteiger partial charge in [0, 0.05) is 44.3 Å². The summed E-state index contributed by atoms with van der Waals surface area (Å²) in [5.74, 6) is 0.877. The summed E-state index contributed by atoms with van der Waals surface area (Å²) in [6.45, 7) is 4.56. The minimum Gasteiger partial charge on any atom is -0.495 e. The van der Waals surface area contributed by atoms with Crippen molar-refractivity contribution in [3.63, 3.8) is 0 Å². The molecule has 27 heavy (non-hydrogen) atoms. The number of nitrogens with zero attached hydrogens (tertiary/aromatic N) is 2. The van der Waals surface area contributed by atoms with Crippen molar-refractivity contribution in [3.05, 3.63) is 53.6 Å². The zero-order valence-electron chi connectivity index (χ0n) is 15.3. The van der Waals surface area contributed by atoms with E-state index in [9.17, 15) is 8.42 Å². The van der Waals surface area contributed by atoms with Crippen LogP contribution in [0.4, 0.5) is 5.69 Å². The number of benzene rings is 2. The highest BCUT2D eigenvalue weighted by Crippen LogP contribution is 2.28. The number of rotatable bonds is 7. The third-order valence-electron chi connectivity index (χ3n) is 4.64. The number of para-hydroxylation sites is 2. The first kappa shape index (κ1) is 19.9. The Hall–Kier alpha value is -1.80. The molecule has 1 fully saturated rings. The van der Waals surface area contributed by atoms with Crippen molar-refractivity contribution in [3.8, 4) is 5.75 Å². The van der Waals surface area contributed by atoms with Crippen LogP contribution in [-0.4, -0.2) is 59.7 Å². The van der Waals surface area contributed by atoms with Crippen LogP contribution in [0.1, 0.15) is 0 Å². The van der Waals surface area contributed by atoms with Crippen molar-refractivity contribution >= 4 is 27.3 Å². The Morgan fingerprint density at radius 3 is 2.37 bits per heavy atom. The molecular formula is C19H24ClN3O3S. The number of piperazine rings is 1. The quantitative estimate of drug-likeness (QED) is 0.761. The molecule has 1 aliphatic heterocycles. The van der Waals surface area contributed by atoms with Gasteiger partial charge < -0.3 is 9.64 Å². The zero-order valence-corrected chi connectivity index (χ0v) is 16.8. The van der Waals surface area contributed by atoms with Gasteiger partial charge in [0.25, 0.3) is 0 Å². The van der Waals surface area contributed by atoms with Crippen LogP contribution in [0.2, 0.25) is 5.02 Å². The first-order chi connectivity index (χ1) is 13.0. The molecule has 0 saturated carbocycles. The number of hydrogen-bond donors (Lipinski definition) is 1. The Balaban J connectivity index is 1.48. The van der Waals surface area contributed by atoms with Crippen LogP contribution in [0.15, 0.2) is 53.4 Å². The highest BCUT2D eigenvalue weighted by Gasteiger charge is 2.20. The van der Waals surface area contributed by atoms with E-state index in [0.717, 1.165) is 37.6 Å². The lowest BCUT2D eigenvalue weighted by molar-refractivity contribution is 0.261. The van der Waals surface area contributed by atoms with Crippen LogP contribution in [0, 0.1) is 0 Å². The van der Waals surface area contributed by atoms with Crippen molar-refractivity contribution in [1.29, 1.82) is 0 Å². The van der Waals surface area contributed by atoms with Gasteiger partial charge in [-0.1, -0.05) is 23.7 Å². The Bertz CT molecular complexity index is 851. The summed E-state index contributed by atoms with van der Waals surface area (Å²) in [5.41, 5.74) is 1.10. The average Bonchev–Trinajstić information content (AvgIpc) is 2.69. The minimum absolute atomic E-state index is 0.230. The molecular weight excluding hydrogens is 386 g/mol. The summed E-state index contributed by atoms with van der Waals surface area (Å²) < 4.78 is 32.7. The lowest BCUT2D eigenvalue weighted by atomic mass is 10.2. The second-order valence-electron chi connectivity index (χ2n) is 6.35. The number of ether oxygens (including phenoxy) is 1. The first-order valence-corrected chi connectivity index (χ1v) is 10.7. The van der Waals surface area contributed by atoms with Crippen molar-refractivity contribution < 1.29 is 13.2 Å². The highest BCUT2D eigenvalue weighted by atomic mass is 35.5. The topological polar surface area (TPSA) is 61.9 Å². The number of hydrogen-bond acceptors (Lipinski definition) is 5. The number of halogens is 1. The lowest BCUT2D eigenvalue weighted by Crippen LogP contribution is -2.48. The van der Waals surface area contributed by atoms with Crippen molar-refractivity contribution in [2.75, 3.05) is 51.3 Å². The second kappa shape index (κ2) is 8.93. The van der Waals surface area contributed by atoms with E-state index in [1.54, 1.807) is 19.2 Å². The largest absolute Gasteiger partial charge is 0.495 e. The molecule has 0 unspecified atom stereocenters. The number of nitrogens with one attached hydrogen (secondary N) is 1. The van der Waals surface area contributed by atoms with Crippen LogP contribution < -0.4 is 14.4 Å². The van der Waals surface area contributed by atoms with E-state index < -0.39 is 10.0 Å². The maximum atomic E-state index is 12.3. The van der Waals surface area contributed by atoms with Crippen LogP contribution in [0.25, 0.3) is 0 Å². The molecule has 0 radical (unpaired) electrons. The lowest BCUT2D eigenvalue weighted by Gasteiger charge is -2.36. The van der Waals surface area contributed by atoms with Crippen LogP contribution in [0.5, 0.6) is 5.75 Å². The van der Waals surface area contributed by atoms with Crippen molar-refractivity contribution in [2.45, 2.75) is 4.90 Å². The molecule has 3 rings (SSSR count). The minimum atomic E-state index is -3.50. The molecule has 1 N–H and O–H groups in total. The van der Waals surface area contributed by atoms with Gasteiger partial charge in [-0.3, -0.25) is 4.90 Å². The summed E-state index contributed by atoms with van der Waals surface area (Å²) in [7, 11) is -1.82. The van der Waals surface area contributed by atoms with Gasteiger partial charge in [-0.15, -0.1) is 0 Å². The van der Waals surface area contributed by atoms with Gasteiger partial charge in [0.05, 0.1) is 17.7 Å². The van der Waals surface area contributed by atoms with Crippen LogP contribution in [0.3, 0.4) is 0 Å². The molecule has 6 nitrogen and oxygen atoms in total. The smallest absolute Gasteiger partial charge is 0.240 e. The van der Waals surface area contributed by atoms with E-state index in [4.69, 9.17) is 16.3 Å². The predicted molar refractivity (Wildman–Crippen MR) is 108 cm³/mol. The first-order valence-electron chi connectivity index (χ1n) is 8.85. The molecule has 1 heterocycles. The Labute approximate surface area is 165 Å². The summed E-state index contributed by atoms with van der Waals surface area (Å²) in [5, 5.41) is 0.516. The van der Waals surface area contributed by atoms with Gasteiger partial charge in [-0.2, -0.15) is 0 Å². The highest BCUT2D eigenvalue weighted by molar-refractivity contribution is 7.89. The standard InChI is InChI=1S/C19H24ClN3O3S/c1-26-19-5-3-2-4-18(19)23-14-12-22(13-15-23)11-10-21-27(24,25)17-8-6-16(20)7-9-17/h2-9,21H,10-15H2,1H3. The third-order valence-corrected chi connectivity index (χ3v) is 6.37. The molecule has 0 atom stereocenters. The van der Waals surface area contributed by atoms with E-state index in [1.807, 2.05) is 18.2 Å². The van der Waals surface area contributed by atoms with Gasteiger partial charge in [0.2, 0.25) is 10.0 Å². The average molecular weight is 410 g/mol. The number of sulfonamides is 1. The van der Waals surface area contributed by atoms with Gasteiger partial charge in [-0.25, -0.2) is 13.1 Å². The maximum Gasteiger partial charge on any atom is 0.240 e. The zero-order chi connectivity index (χ0) is 19.3. The van der Waals surface area contributed by atoms with Crippen LogP contribution in [-0.2, 0) is 10.0 Å². The molecule has 146 valence electrons. The van der Waals surface area contributed by atoms with Gasteiger partial charge in [-0.05, 0) is 36.4 Å². The van der Waals surface area contributed by atoms with Crippen molar-refractivity contribution in [1.82, 2.24) is 9.62 Å². The monoisotopic (exact) mass is 409 g/mol. The molecule has 2 aromatic carbocycles. The van der Waals surface area contributed by atoms with Crippen LogP contribution >= 0.6 is 11.6 Å². The number of methoxy groups -OCH3 is 1. The fourth-order valence-electron chi connectivity index (χ4n) is 3.14. The van der Waals surface area contributed by atoms with Crippen molar-refractivity contribution in [2.24, 2.45) is 0 Å².